The van der Waals surface area contributed by atoms with E-state index in [1.54, 1.807) is 9.80 Å². The number of carbonyl (C=O) groups excluding carboxylic acids is 2. The normalized spacial score (nSPS) is 12.9. The molecule has 9 nitrogen and oxygen atoms in total. The molecule has 2 N–H and O–H groups in total. The van der Waals surface area contributed by atoms with Gasteiger partial charge in [0, 0.05) is 39.0 Å². The van der Waals surface area contributed by atoms with Gasteiger partial charge in [0.25, 0.3) is 0 Å². The first-order valence-corrected chi connectivity index (χ1v) is 20.4. The topological polar surface area (TPSA) is 96.8 Å². The number of aliphatic hydroxyl groups excluding tert-OH is 2. The summed E-state index contributed by atoms with van der Waals surface area (Å²) in [7, 11) is 8.10. The lowest BCUT2D eigenvalue weighted by Crippen LogP contribution is -2.42. The molecule has 9 heteroatoms. The number of rotatable bonds is 36. The van der Waals surface area contributed by atoms with E-state index >= 15 is 0 Å². The summed E-state index contributed by atoms with van der Waals surface area (Å²) in [5.74, 6) is 0.194. The zero-order chi connectivity index (χ0) is 36.5. The van der Waals surface area contributed by atoms with Crippen LogP contribution in [0.4, 0.5) is 0 Å². The molecule has 2 atom stereocenters. The van der Waals surface area contributed by atoms with Gasteiger partial charge in [0.15, 0.2) is 0 Å². The van der Waals surface area contributed by atoms with E-state index in [2.05, 4.69) is 23.6 Å². The standard InChI is InChI=1S/C40H82N4O5/c1-7-9-11-13-15-17-19-21-23-27-39(47)43(31-25-29-41(3)4)33-37(45)35-49-36-38(46)34-44(32-26-30-42(5)6)40(48)28-24-22-20-18-16-14-12-10-8-2/h37-38,45-46H,7-36H2,1-6H3. The molecule has 2 unspecified atom stereocenters. The van der Waals surface area contributed by atoms with Gasteiger partial charge in [0.2, 0.25) is 11.8 Å². The number of aliphatic hydroxyl groups is 2. The second-order valence-electron chi connectivity index (χ2n) is 15.0. The quantitative estimate of drug-likeness (QED) is 0.0673. The van der Waals surface area contributed by atoms with Crippen molar-refractivity contribution in [3.8, 4) is 0 Å². The van der Waals surface area contributed by atoms with Gasteiger partial charge >= 0.3 is 0 Å². The number of nitrogens with zero attached hydrogens (tertiary/aromatic N) is 4. The fourth-order valence-electron chi connectivity index (χ4n) is 6.24. The monoisotopic (exact) mass is 699 g/mol. The molecule has 0 bridgehead atoms. The zero-order valence-corrected chi connectivity index (χ0v) is 33.3. The van der Waals surface area contributed by atoms with Crippen molar-refractivity contribution in [2.45, 2.75) is 167 Å². The molecule has 292 valence electrons. The van der Waals surface area contributed by atoms with Crippen molar-refractivity contribution >= 4 is 11.8 Å². The lowest BCUT2D eigenvalue weighted by molar-refractivity contribution is -0.134. The van der Waals surface area contributed by atoms with Gasteiger partial charge in [-0.25, -0.2) is 0 Å². The van der Waals surface area contributed by atoms with Gasteiger partial charge in [0.05, 0.1) is 25.4 Å². The maximum atomic E-state index is 13.1. The summed E-state index contributed by atoms with van der Waals surface area (Å²) in [6, 6.07) is 0. The summed E-state index contributed by atoms with van der Waals surface area (Å²) in [6.07, 6.45) is 22.9. The second kappa shape index (κ2) is 33.9. The molecule has 0 aliphatic carbocycles. The van der Waals surface area contributed by atoms with Crippen molar-refractivity contribution in [3.05, 3.63) is 0 Å². The molecule has 49 heavy (non-hydrogen) atoms. The Bertz CT molecular complexity index is 694. The predicted molar refractivity (Wildman–Crippen MR) is 206 cm³/mol. The first kappa shape index (κ1) is 47.7. The van der Waals surface area contributed by atoms with Crippen LogP contribution >= 0.6 is 0 Å². The molecule has 0 aliphatic rings. The summed E-state index contributed by atoms with van der Waals surface area (Å²) in [6.45, 7) is 8.00. The van der Waals surface area contributed by atoms with Crippen LogP contribution in [0.1, 0.15) is 155 Å². The van der Waals surface area contributed by atoms with Gasteiger partial charge in [0.1, 0.15) is 0 Å². The number of ether oxygens (including phenoxy) is 1. The Morgan fingerprint density at radius 1 is 0.469 bits per heavy atom. The molecule has 0 aromatic rings. The third-order valence-electron chi connectivity index (χ3n) is 9.24. The van der Waals surface area contributed by atoms with Crippen molar-refractivity contribution in [1.29, 1.82) is 0 Å². The van der Waals surface area contributed by atoms with E-state index in [9.17, 15) is 19.8 Å². The Labute approximate surface area is 303 Å². The first-order chi connectivity index (χ1) is 23.6. The Balaban J connectivity index is 4.66. The van der Waals surface area contributed by atoms with Crippen LogP contribution in [-0.4, -0.2) is 135 Å². The molecule has 0 radical (unpaired) electrons. The number of hydrogen-bond donors (Lipinski definition) is 2. The second-order valence-corrected chi connectivity index (χ2v) is 15.0. The lowest BCUT2D eigenvalue weighted by Gasteiger charge is -2.27. The zero-order valence-electron chi connectivity index (χ0n) is 33.3. The van der Waals surface area contributed by atoms with E-state index in [0.717, 1.165) is 51.6 Å². The van der Waals surface area contributed by atoms with E-state index in [4.69, 9.17) is 4.74 Å². The van der Waals surface area contributed by atoms with Crippen LogP contribution in [0.5, 0.6) is 0 Å². The molecule has 0 heterocycles. The van der Waals surface area contributed by atoms with E-state index in [1.165, 1.54) is 89.9 Å². The first-order valence-electron chi connectivity index (χ1n) is 20.4. The van der Waals surface area contributed by atoms with Gasteiger partial charge < -0.3 is 34.5 Å². The summed E-state index contributed by atoms with van der Waals surface area (Å²) in [5.41, 5.74) is 0. The molecule has 0 saturated heterocycles. The predicted octanol–water partition coefficient (Wildman–Crippen LogP) is 7.13. The molecular formula is C40H82N4O5. The molecule has 0 rings (SSSR count). The minimum Gasteiger partial charge on any atom is -0.389 e. The minimum absolute atomic E-state index is 0.0412. The Morgan fingerprint density at radius 2 is 0.776 bits per heavy atom. The summed E-state index contributed by atoms with van der Waals surface area (Å²) < 4.78 is 5.73. The van der Waals surface area contributed by atoms with Gasteiger partial charge in [-0.3, -0.25) is 9.59 Å². The Morgan fingerprint density at radius 3 is 1.08 bits per heavy atom. The van der Waals surface area contributed by atoms with Crippen molar-refractivity contribution in [1.82, 2.24) is 19.6 Å². The van der Waals surface area contributed by atoms with Crippen LogP contribution in [0.25, 0.3) is 0 Å². The molecule has 0 spiro atoms. The number of carbonyl (C=O) groups is 2. The maximum Gasteiger partial charge on any atom is 0.222 e. The Kier molecular flexibility index (Phi) is 33.0. The molecule has 0 fully saturated rings. The summed E-state index contributed by atoms with van der Waals surface area (Å²) in [5, 5.41) is 21.6. The van der Waals surface area contributed by atoms with E-state index in [1.807, 2.05) is 28.2 Å². The van der Waals surface area contributed by atoms with Gasteiger partial charge in [-0.05, 0) is 67.0 Å². The van der Waals surface area contributed by atoms with Crippen LogP contribution in [0.15, 0.2) is 0 Å². The molecule has 0 aromatic carbocycles. The van der Waals surface area contributed by atoms with Crippen molar-refractivity contribution < 1.29 is 24.5 Å². The van der Waals surface area contributed by atoms with E-state index < -0.39 is 12.2 Å². The fourth-order valence-corrected chi connectivity index (χ4v) is 6.24. The smallest absolute Gasteiger partial charge is 0.222 e. The summed E-state index contributed by atoms with van der Waals surface area (Å²) in [4.78, 5) is 34.0. The van der Waals surface area contributed by atoms with Crippen LogP contribution in [-0.2, 0) is 14.3 Å². The van der Waals surface area contributed by atoms with Crippen LogP contribution < -0.4 is 0 Å². The van der Waals surface area contributed by atoms with Gasteiger partial charge in [-0.1, -0.05) is 117 Å². The van der Waals surface area contributed by atoms with Crippen LogP contribution in [0.3, 0.4) is 0 Å². The van der Waals surface area contributed by atoms with Crippen molar-refractivity contribution in [3.63, 3.8) is 0 Å². The molecule has 0 saturated carbocycles. The number of hydrogen-bond acceptors (Lipinski definition) is 7. The lowest BCUT2D eigenvalue weighted by atomic mass is 10.1. The van der Waals surface area contributed by atoms with Crippen molar-refractivity contribution in [2.75, 3.05) is 80.7 Å². The maximum absolute atomic E-state index is 13.1. The largest absolute Gasteiger partial charge is 0.389 e. The Hall–Kier alpha value is -1.26. The van der Waals surface area contributed by atoms with Gasteiger partial charge in [-0.15, -0.1) is 0 Å². The minimum atomic E-state index is -0.830. The average molecular weight is 699 g/mol. The highest BCUT2D eigenvalue weighted by Crippen LogP contribution is 2.13. The highest BCUT2D eigenvalue weighted by Gasteiger charge is 2.20. The number of amides is 2. The van der Waals surface area contributed by atoms with E-state index in [-0.39, 0.29) is 38.1 Å². The highest BCUT2D eigenvalue weighted by molar-refractivity contribution is 5.76. The van der Waals surface area contributed by atoms with Crippen LogP contribution in [0.2, 0.25) is 0 Å². The molecular weight excluding hydrogens is 616 g/mol. The van der Waals surface area contributed by atoms with Gasteiger partial charge in [-0.2, -0.15) is 0 Å². The van der Waals surface area contributed by atoms with Crippen molar-refractivity contribution in [2.24, 2.45) is 0 Å². The average Bonchev–Trinajstić information content (AvgIpc) is 3.05. The number of unbranched alkanes of at least 4 members (excludes halogenated alkanes) is 16. The fraction of sp³-hybridized carbons (Fsp3) is 0.950. The SMILES string of the molecule is CCCCCCCCCCCC(=O)N(CCCN(C)C)CC(O)COCC(O)CN(CCCN(C)C)C(=O)CCCCCCCCCCC. The molecule has 0 aliphatic heterocycles. The van der Waals surface area contributed by atoms with E-state index in [0.29, 0.717) is 25.9 Å². The molecule has 0 aromatic heterocycles. The highest BCUT2D eigenvalue weighted by atomic mass is 16.5. The third kappa shape index (κ3) is 31.2. The summed E-state index contributed by atoms with van der Waals surface area (Å²) >= 11 is 0. The van der Waals surface area contributed by atoms with Crippen LogP contribution in [0, 0.1) is 0 Å². The molecule has 2 amide bonds. The third-order valence-corrected chi connectivity index (χ3v) is 9.24.